The monoisotopic (exact) mass is 219 g/mol. The van der Waals surface area contributed by atoms with Crippen LogP contribution in [0, 0.1) is 0 Å². The molecule has 2 rings (SSSR count). The molecule has 0 fully saturated rings. The van der Waals surface area contributed by atoms with Crippen LogP contribution in [0.15, 0.2) is 6.07 Å². The van der Waals surface area contributed by atoms with E-state index in [1.165, 1.54) is 11.3 Å². The number of pyridine rings is 1. The van der Waals surface area contributed by atoms with Crippen molar-refractivity contribution in [3.05, 3.63) is 23.0 Å². The number of ether oxygens (including phenoxy) is 1. The minimum absolute atomic E-state index is 0.0621. The molecule has 2 nitrogen and oxygen atoms in total. The number of nitrogens with zero attached hydrogens (tertiary/aromatic N) is 1. The van der Waals surface area contributed by atoms with Gasteiger partial charge in [-0.3, -0.25) is 4.98 Å². The molecule has 0 saturated carbocycles. The van der Waals surface area contributed by atoms with Gasteiger partial charge in [-0.1, -0.05) is 27.7 Å². The summed E-state index contributed by atoms with van der Waals surface area (Å²) in [5.74, 6) is 1.05. The Balaban J connectivity index is 2.56. The Morgan fingerprint density at radius 3 is 2.75 bits per heavy atom. The Bertz CT molecular complexity index is 390. The van der Waals surface area contributed by atoms with Crippen LogP contribution >= 0.6 is 0 Å². The van der Waals surface area contributed by atoms with E-state index < -0.39 is 0 Å². The molecule has 1 aromatic heterocycles. The van der Waals surface area contributed by atoms with Gasteiger partial charge in [0.05, 0.1) is 12.3 Å². The van der Waals surface area contributed by atoms with Gasteiger partial charge in [0.25, 0.3) is 0 Å². The molecule has 0 unspecified atom stereocenters. The lowest BCUT2D eigenvalue weighted by atomic mass is 9.88. The molecule has 0 spiro atoms. The minimum atomic E-state index is 0.0621. The average Bonchev–Trinajstić information content (AvgIpc) is 2.26. The maximum atomic E-state index is 5.82. The van der Waals surface area contributed by atoms with Crippen molar-refractivity contribution < 1.29 is 4.74 Å². The first kappa shape index (κ1) is 11.4. The summed E-state index contributed by atoms with van der Waals surface area (Å²) < 4.78 is 5.82. The molecule has 1 aliphatic heterocycles. The molecule has 1 aromatic rings. The molecule has 2 heteroatoms. The van der Waals surface area contributed by atoms with Gasteiger partial charge in [0.1, 0.15) is 5.75 Å². The summed E-state index contributed by atoms with van der Waals surface area (Å²) in [6, 6.07) is 2.21. The third-order valence-corrected chi connectivity index (χ3v) is 3.01. The predicted octanol–water partition coefficient (Wildman–Crippen LogP) is 3.27. The molecule has 0 atom stereocenters. The van der Waals surface area contributed by atoms with Crippen molar-refractivity contribution in [2.24, 2.45) is 0 Å². The van der Waals surface area contributed by atoms with Crippen LogP contribution < -0.4 is 4.74 Å². The maximum Gasteiger partial charge on any atom is 0.144 e. The largest absolute Gasteiger partial charge is 0.491 e. The highest BCUT2D eigenvalue weighted by Crippen LogP contribution is 2.35. The quantitative estimate of drug-likeness (QED) is 0.723. The Hall–Kier alpha value is -1.05. The second-order valence-corrected chi connectivity index (χ2v) is 5.51. The molecule has 0 saturated heterocycles. The Labute approximate surface area is 98.0 Å². The maximum absolute atomic E-state index is 5.82. The molecular formula is C14H21NO. The fourth-order valence-corrected chi connectivity index (χ4v) is 2.12. The van der Waals surface area contributed by atoms with Crippen molar-refractivity contribution in [1.29, 1.82) is 0 Å². The normalized spacial score (nSPS) is 15.5. The highest BCUT2D eigenvalue weighted by molar-refractivity contribution is 5.43. The number of hydrogen-bond acceptors (Lipinski definition) is 2. The van der Waals surface area contributed by atoms with E-state index in [1.807, 2.05) is 0 Å². The fraction of sp³-hybridized carbons (Fsp3) is 0.643. The van der Waals surface area contributed by atoms with Gasteiger partial charge in [-0.05, 0) is 30.9 Å². The molecule has 2 heterocycles. The van der Waals surface area contributed by atoms with E-state index in [0.717, 1.165) is 37.3 Å². The summed E-state index contributed by atoms with van der Waals surface area (Å²) in [5, 5.41) is 0. The van der Waals surface area contributed by atoms with E-state index in [0.29, 0.717) is 0 Å². The van der Waals surface area contributed by atoms with E-state index in [2.05, 4.69) is 33.8 Å². The molecule has 0 bridgehead atoms. The van der Waals surface area contributed by atoms with Crippen molar-refractivity contribution in [3.63, 3.8) is 0 Å². The van der Waals surface area contributed by atoms with Crippen LogP contribution in [0.4, 0.5) is 0 Å². The average molecular weight is 219 g/mol. The first-order valence-corrected chi connectivity index (χ1v) is 6.18. The summed E-state index contributed by atoms with van der Waals surface area (Å²) >= 11 is 0. The van der Waals surface area contributed by atoms with Gasteiger partial charge in [-0.15, -0.1) is 0 Å². The van der Waals surface area contributed by atoms with Gasteiger partial charge in [0.2, 0.25) is 0 Å². The number of aromatic nitrogens is 1. The van der Waals surface area contributed by atoms with Crippen LogP contribution in [0.5, 0.6) is 5.75 Å². The van der Waals surface area contributed by atoms with E-state index in [1.54, 1.807) is 0 Å². The highest BCUT2D eigenvalue weighted by atomic mass is 16.5. The van der Waals surface area contributed by atoms with E-state index in [-0.39, 0.29) is 5.41 Å². The van der Waals surface area contributed by atoms with Crippen molar-refractivity contribution in [3.8, 4) is 5.75 Å². The third-order valence-electron chi connectivity index (χ3n) is 3.01. The number of aryl methyl sites for hydroxylation is 2. The second kappa shape index (κ2) is 4.08. The second-order valence-electron chi connectivity index (χ2n) is 5.51. The minimum Gasteiger partial charge on any atom is -0.491 e. The first-order chi connectivity index (χ1) is 7.52. The molecule has 0 aliphatic carbocycles. The van der Waals surface area contributed by atoms with Crippen molar-refractivity contribution >= 4 is 0 Å². The molecule has 0 aromatic carbocycles. The molecule has 0 N–H and O–H groups in total. The van der Waals surface area contributed by atoms with Gasteiger partial charge in [0, 0.05) is 11.1 Å². The molecule has 1 aliphatic rings. The van der Waals surface area contributed by atoms with E-state index in [9.17, 15) is 0 Å². The number of hydrogen-bond donors (Lipinski definition) is 0. The topological polar surface area (TPSA) is 22.1 Å². The van der Waals surface area contributed by atoms with Crippen LogP contribution in [0.2, 0.25) is 0 Å². The smallest absolute Gasteiger partial charge is 0.144 e. The zero-order valence-corrected chi connectivity index (χ0v) is 10.8. The summed E-state index contributed by atoms with van der Waals surface area (Å²) in [6.45, 7) is 9.60. The lowest BCUT2D eigenvalue weighted by molar-refractivity contribution is 0.277. The van der Waals surface area contributed by atoms with Gasteiger partial charge >= 0.3 is 0 Å². The zero-order chi connectivity index (χ0) is 11.8. The Morgan fingerprint density at radius 1 is 1.38 bits per heavy atom. The fourth-order valence-electron chi connectivity index (χ4n) is 2.12. The zero-order valence-electron chi connectivity index (χ0n) is 10.8. The lowest BCUT2D eigenvalue weighted by Gasteiger charge is -2.27. The van der Waals surface area contributed by atoms with Gasteiger partial charge < -0.3 is 4.74 Å². The van der Waals surface area contributed by atoms with Crippen LogP contribution in [0.3, 0.4) is 0 Å². The standard InChI is InChI=1S/C14H21NO/c1-5-11-9-10-7-6-8-16-12(10)13(15-11)14(2,3)4/h9H,5-8H2,1-4H3. The number of rotatable bonds is 1. The third kappa shape index (κ3) is 2.06. The van der Waals surface area contributed by atoms with Gasteiger partial charge in [-0.25, -0.2) is 0 Å². The van der Waals surface area contributed by atoms with Gasteiger partial charge in [-0.2, -0.15) is 0 Å². The SMILES string of the molecule is CCc1cc2c(c(C(C)(C)C)n1)OCCC2. The molecule has 16 heavy (non-hydrogen) atoms. The van der Waals surface area contributed by atoms with Crippen molar-refractivity contribution in [2.45, 2.75) is 52.4 Å². The Morgan fingerprint density at radius 2 is 2.12 bits per heavy atom. The van der Waals surface area contributed by atoms with Crippen molar-refractivity contribution in [1.82, 2.24) is 4.98 Å². The highest BCUT2D eigenvalue weighted by Gasteiger charge is 2.25. The molecule has 0 amide bonds. The predicted molar refractivity (Wildman–Crippen MR) is 66.1 cm³/mol. The van der Waals surface area contributed by atoms with Crippen LogP contribution in [-0.4, -0.2) is 11.6 Å². The summed E-state index contributed by atoms with van der Waals surface area (Å²) in [4.78, 5) is 4.75. The van der Waals surface area contributed by atoms with Gasteiger partial charge in [0.15, 0.2) is 0 Å². The van der Waals surface area contributed by atoms with Crippen molar-refractivity contribution in [2.75, 3.05) is 6.61 Å². The van der Waals surface area contributed by atoms with Crippen LogP contribution in [0.25, 0.3) is 0 Å². The first-order valence-electron chi connectivity index (χ1n) is 6.18. The molecule has 0 radical (unpaired) electrons. The number of fused-ring (bicyclic) bond motifs is 1. The van der Waals surface area contributed by atoms with Crippen LogP contribution in [0.1, 0.15) is 51.1 Å². The summed E-state index contributed by atoms with van der Waals surface area (Å²) in [7, 11) is 0. The molecular weight excluding hydrogens is 198 g/mol. The molecule has 88 valence electrons. The summed E-state index contributed by atoms with van der Waals surface area (Å²) in [5.41, 5.74) is 3.73. The summed E-state index contributed by atoms with van der Waals surface area (Å²) in [6.07, 6.45) is 3.26. The Kier molecular flexibility index (Phi) is 2.92. The van der Waals surface area contributed by atoms with Crippen LogP contribution in [-0.2, 0) is 18.3 Å². The van der Waals surface area contributed by atoms with E-state index in [4.69, 9.17) is 9.72 Å². The van der Waals surface area contributed by atoms with E-state index >= 15 is 0 Å². The lowest BCUT2D eigenvalue weighted by Crippen LogP contribution is -2.21.